The van der Waals surface area contributed by atoms with E-state index in [1.54, 1.807) is 6.20 Å². The quantitative estimate of drug-likeness (QED) is 0.614. The summed E-state index contributed by atoms with van der Waals surface area (Å²) in [4.78, 5) is 16.4. The average Bonchev–Trinajstić information content (AvgIpc) is 2.91. The molecule has 0 bridgehead atoms. The van der Waals surface area contributed by atoms with E-state index in [4.69, 9.17) is 11.6 Å². The number of imidazole rings is 1. The molecule has 2 aromatic rings. The molecule has 2 N–H and O–H groups in total. The smallest absolute Gasteiger partial charge is 0.290 e. The average molecular weight is 331 g/mol. The first-order chi connectivity index (χ1) is 9.90. The molecule has 0 atom stereocenters. The highest BCUT2D eigenvalue weighted by Crippen LogP contribution is 2.26. The first kappa shape index (κ1) is 15.4. The lowest BCUT2D eigenvalue weighted by Gasteiger charge is -2.07. The van der Waals surface area contributed by atoms with Crippen LogP contribution in [0.5, 0.6) is 0 Å². The number of benzene rings is 1. The number of rotatable bonds is 6. The third-order valence-electron chi connectivity index (χ3n) is 2.65. The van der Waals surface area contributed by atoms with Crippen LogP contribution in [0.4, 0.5) is 5.69 Å². The number of nitro groups is 1. The van der Waals surface area contributed by atoms with Gasteiger partial charge in [-0.25, -0.2) is 18.1 Å². The van der Waals surface area contributed by atoms with Crippen molar-refractivity contribution in [2.45, 2.75) is 11.3 Å². The van der Waals surface area contributed by atoms with Gasteiger partial charge in [-0.3, -0.25) is 10.1 Å². The minimum absolute atomic E-state index is 0.0876. The number of aromatic nitrogens is 2. The third kappa shape index (κ3) is 3.78. The van der Waals surface area contributed by atoms with Crippen LogP contribution in [-0.4, -0.2) is 29.9 Å². The third-order valence-corrected chi connectivity index (χ3v) is 4.39. The first-order valence-electron chi connectivity index (χ1n) is 5.81. The highest BCUT2D eigenvalue weighted by molar-refractivity contribution is 7.89. The van der Waals surface area contributed by atoms with E-state index in [0.717, 1.165) is 17.8 Å². The van der Waals surface area contributed by atoms with Crippen molar-refractivity contribution in [2.75, 3.05) is 6.54 Å². The van der Waals surface area contributed by atoms with Gasteiger partial charge in [-0.2, -0.15) is 0 Å². The summed E-state index contributed by atoms with van der Waals surface area (Å²) in [6.45, 7) is 0.0876. The Bertz CT molecular complexity index is 746. The van der Waals surface area contributed by atoms with E-state index in [0.29, 0.717) is 6.42 Å². The Morgan fingerprint density at radius 2 is 2.19 bits per heavy atom. The molecule has 21 heavy (non-hydrogen) atoms. The van der Waals surface area contributed by atoms with Gasteiger partial charge in [0.25, 0.3) is 5.69 Å². The van der Waals surface area contributed by atoms with Crippen LogP contribution in [0.2, 0.25) is 5.02 Å². The van der Waals surface area contributed by atoms with Crippen LogP contribution < -0.4 is 4.72 Å². The molecule has 0 amide bonds. The van der Waals surface area contributed by atoms with E-state index in [9.17, 15) is 18.5 Å². The zero-order valence-electron chi connectivity index (χ0n) is 10.6. The molecule has 112 valence electrons. The second-order valence-electron chi connectivity index (χ2n) is 4.09. The maximum atomic E-state index is 12.1. The normalized spacial score (nSPS) is 11.5. The fourth-order valence-corrected chi connectivity index (χ4v) is 3.03. The monoisotopic (exact) mass is 330 g/mol. The van der Waals surface area contributed by atoms with Gasteiger partial charge in [-0.05, 0) is 12.1 Å². The number of nitro benzene ring substituents is 1. The van der Waals surface area contributed by atoms with E-state index >= 15 is 0 Å². The zero-order chi connectivity index (χ0) is 15.5. The van der Waals surface area contributed by atoms with Crippen LogP contribution in [0.25, 0.3) is 0 Å². The molecule has 0 unspecified atom stereocenters. The molecule has 2 rings (SSSR count). The van der Waals surface area contributed by atoms with Crippen LogP contribution >= 0.6 is 11.6 Å². The van der Waals surface area contributed by atoms with Crippen LogP contribution in [0.1, 0.15) is 5.69 Å². The van der Waals surface area contributed by atoms with Crippen molar-refractivity contribution in [2.24, 2.45) is 0 Å². The standard InChI is InChI=1S/C11H11ClN4O4S/c12-8-1-2-11(10(5-8)16(17)18)21(19,20)15-4-3-9-6-13-7-14-9/h1-2,5-7,15H,3-4H2,(H,13,14). The van der Waals surface area contributed by atoms with Gasteiger partial charge >= 0.3 is 0 Å². The topological polar surface area (TPSA) is 118 Å². The predicted molar refractivity (Wildman–Crippen MR) is 75.6 cm³/mol. The van der Waals surface area contributed by atoms with Gasteiger partial charge in [-0.1, -0.05) is 11.6 Å². The van der Waals surface area contributed by atoms with Gasteiger partial charge in [0.2, 0.25) is 10.0 Å². The summed E-state index contributed by atoms with van der Waals surface area (Å²) >= 11 is 5.65. The molecule has 1 aromatic heterocycles. The van der Waals surface area contributed by atoms with Gasteiger partial charge in [0.15, 0.2) is 4.90 Å². The molecule has 0 aliphatic heterocycles. The van der Waals surface area contributed by atoms with E-state index in [2.05, 4.69) is 14.7 Å². The molecule has 1 aromatic carbocycles. The van der Waals surface area contributed by atoms with E-state index in [1.807, 2.05) is 0 Å². The minimum atomic E-state index is -3.99. The van der Waals surface area contributed by atoms with Gasteiger partial charge in [0.1, 0.15) is 0 Å². The summed E-state index contributed by atoms with van der Waals surface area (Å²) in [6, 6.07) is 3.40. The van der Waals surface area contributed by atoms with Gasteiger partial charge in [0.05, 0.1) is 11.3 Å². The fourth-order valence-electron chi connectivity index (χ4n) is 1.68. The second-order valence-corrected chi connectivity index (χ2v) is 6.27. The number of hydrogen-bond acceptors (Lipinski definition) is 5. The molecule has 0 radical (unpaired) electrons. The van der Waals surface area contributed by atoms with Crippen LogP contribution in [0, 0.1) is 10.1 Å². The second kappa shape index (κ2) is 6.20. The Balaban J connectivity index is 2.17. The van der Waals surface area contributed by atoms with Crippen molar-refractivity contribution in [3.05, 3.63) is 51.6 Å². The van der Waals surface area contributed by atoms with E-state index in [1.165, 1.54) is 12.4 Å². The highest BCUT2D eigenvalue weighted by Gasteiger charge is 2.25. The number of nitrogens with one attached hydrogen (secondary N) is 2. The van der Waals surface area contributed by atoms with Crippen molar-refractivity contribution in [1.82, 2.24) is 14.7 Å². The van der Waals surface area contributed by atoms with Crippen molar-refractivity contribution < 1.29 is 13.3 Å². The lowest BCUT2D eigenvalue weighted by Crippen LogP contribution is -2.26. The molecule has 0 aliphatic carbocycles. The SMILES string of the molecule is O=[N+]([O-])c1cc(Cl)ccc1S(=O)(=O)NCCc1cnc[nH]1. The minimum Gasteiger partial charge on any atom is -0.348 e. The van der Waals surface area contributed by atoms with E-state index < -0.39 is 25.5 Å². The Morgan fingerprint density at radius 3 is 2.81 bits per heavy atom. The molecule has 0 saturated carbocycles. The first-order valence-corrected chi connectivity index (χ1v) is 7.67. The van der Waals surface area contributed by atoms with Gasteiger partial charge in [0, 0.05) is 35.9 Å². The molecule has 0 aliphatic rings. The number of nitrogens with zero attached hydrogens (tertiary/aromatic N) is 2. The Labute approximate surface area is 125 Å². The van der Waals surface area contributed by atoms with Gasteiger partial charge in [-0.15, -0.1) is 0 Å². The van der Waals surface area contributed by atoms with Crippen LogP contribution in [0.3, 0.4) is 0 Å². The van der Waals surface area contributed by atoms with Crippen molar-refractivity contribution >= 4 is 27.3 Å². The summed E-state index contributed by atoms with van der Waals surface area (Å²) in [5.74, 6) is 0. The van der Waals surface area contributed by atoms with E-state index in [-0.39, 0.29) is 11.6 Å². The fraction of sp³-hybridized carbons (Fsp3) is 0.182. The lowest BCUT2D eigenvalue weighted by molar-refractivity contribution is -0.387. The predicted octanol–water partition coefficient (Wildman–Crippen LogP) is 1.49. The summed E-state index contributed by atoms with van der Waals surface area (Å²) < 4.78 is 26.5. The van der Waals surface area contributed by atoms with Crippen molar-refractivity contribution in [1.29, 1.82) is 0 Å². The highest BCUT2D eigenvalue weighted by atomic mass is 35.5. The number of sulfonamides is 1. The number of halogens is 1. The molecular formula is C11H11ClN4O4S. The maximum Gasteiger partial charge on any atom is 0.290 e. The molecule has 0 spiro atoms. The summed E-state index contributed by atoms with van der Waals surface area (Å²) in [6.07, 6.45) is 3.44. The molecule has 0 saturated heterocycles. The summed E-state index contributed by atoms with van der Waals surface area (Å²) in [5.41, 5.74) is 0.194. The molecule has 0 fully saturated rings. The largest absolute Gasteiger partial charge is 0.348 e. The summed E-state index contributed by atoms with van der Waals surface area (Å²) in [7, 11) is -3.99. The number of aromatic amines is 1. The maximum absolute atomic E-state index is 12.1. The molecular weight excluding hydrogens is 320 g/mol. The lowest BCUT2D eigenvalue weighted by atomic mass is 10.3. The van der Waals surface area contributed by atoms with Crippen molar-refractivity contribution in [3.63, 3.8) is 0 Å². The number of hydrogen-bond donors (Lipinski definition) is 2. The van der Waals surface area contributed by atoms with Crippen LogP contribution in [-0.2, 0) is 16.4 Å². The molecule has 10 heteroatoms. The Hall–Kier alpha value is -1.97. The Morgan fingerprint density at radius 1 is 1.43 bits per heavy atom. The van der Waals surface area contributed by atoms with Gasteiger partial charge < -0.3 is 4.98 Å². The number of H-pyrrole nitrogens is 1. The molecule has 8 nitrogen and oxygen atoms in total. The Kier molecular flexibility index (Phi) is 4.56. The zero-order valence-corrected chi connectivity index (χ0v) is 12.2. The van der Waals surface area contributed by atoms with Crippen LogP contribution in [0.15, 0.2) is 35.6 Å². The summed E-state index contributed by atoms with van der Waals surface area (Å²) in [5, 5.41) is 11.0. The van der Waals surface area contributed by atoms with Crippen molar-refractivity contribution in [3.8, 4) is 0 Å². The molecule has 1 heterocycles.